The van der Waals surface area contributed by atoms with E-state index in [1.54, 1.807) is 22.7 Å². The highest BCUT2D eigenvalue weighted by Gasteiger charge is 2.24. The number of pyridine rings is 1. The molecule has 0 saturated heterocycles. The zero-order valence-corrected chi connectivity index (χ0v) is 22.8. The van der Waals surface area contributed by atoms with Crippen LogP contribution in [0.2, 0.25) is 0 Å². The summed E-state index contributed by atoms with van der Waals surface area (Å²) in [5.41, 5.74) is 7.45. The van der Waals surface area contributed by atoms with E-state index in [2.05, 4.69) is 112 Å². The van der Waals surface area contributed by atoms with E-state index >= 15 is 0 Å². The summed E-state index contributed by atoms with van der Waals surface area (Å²) in [6, 6.07) is 26.0. The van der Waals surface area contributed by atoms with Crippen LogP contribution < -0.4 is 4.57 Å². The number of aromatic nitrogens is 3. The second-order valence-corrected chi connectivity index (χ2v) is 12.3. The molecule has 0 aliphatic heterocycles. The molecule has 0 atom stereocenters. The van der Waals surface area contributed by atoms with Crippen LogP contribution in [-0.2, 0) is 12.5 Å². The second-order valence-electron chi connectivity index (χ2n) is 10.3. The maximum atomic E-state index is 4.99. The standard InChI is InChI=1S/C31H28N3S2/c1-19-22-13-9-10-14-23(22)25(31(2,3)4)18-24(19)26-17-21(15-16-34(26)5)28-33-30-29(36-28)32-27(35-30)20-11-7-6-8-12-20/h6-18H,1-5H3/q+1. The molecule has 178 valence electrons. The zero-order valence-electron chi connectivity index (χ0n) is 21.2. The van der Waals surface area contributed by atoms with Gasteiger partial charge in [0, 0.05) is 28.8 Å². The third kappa shape index (κ3) is 3.93. The molecule has 36 heavy (non-hydrogen) atoms. The Balaban J connectivity index is 1.47. The first-order chi connectivity index (χ1) is 17.3. The van der Waals surface area contributed by atoms with Crippen LogP contribution in [-0.4, -0.2) is 9.97 Å². The maximum Gasteiger partial charge on any atom is 0.213 e. The molecule has 0 N–H and O–H groups in total. The van der Waals surface area contributed by atoms with Crippen molar-refractivity contribution in [3.8, 4) is 32.4 Å². The van der Waals surface area contributed by atoms with E-state index in [1.165, 1.54) is 33.2 Å². The Bertz CT molecular complexity index is 1710. The van der Waals surface area contributed by atoms with Crippen molar-refractivity contribution in [1.82, 2.24) is 9.97 Å². The molecule has 0 bridgehead atoms. The van der Waals surface area contributed by atoms with Gasteiger partial charge in [0.2, 0.25) is 5.69 Å². The summed E-state index contributed by atoms with van der Waals surface area (Å²) in [4.78, 5) is 11.9. The molecule has 6 rings (SSSR count). The first-order valence-electron chi connectivity index (χ1n) is 12.2. The summed E-state index contributed by atoms with van der Waals surface area (Å²) < 4.78 is 2.22. The number of aryl methyl sites for hydroxylation is 2. The highest BCUT2D eigenvalue weighted by atomic mass is 32.1. The molecule has 3 nitrogen and oxygen atoms in total. The highest BCUT2D eigenvalue weighted by molar-refractivity contribution is 7.29. The molecular formula is C31H28N3S2+. The molecule has 0 amide bonds. The second kappa shape index (κ2) is 8.61. The topological polar surface area (TPSA) is 29.7 Å². The van der Waals surface area contributed by atoms with Gasteiger partial charge in [0.1, 0.15) is 17.1 Å². The number of thiazole rings is 2. The van der Waals surface area contributed by atoms with Gasteiger partial charge >= 0.3 is 0 Å². The Morgan fingerprint density at radius 2 is 1.33 bits per heavy atom. The Morgan fingerprint density at radius 3 is 2.00 bits per heavy atom. The smallest absolute Gasteiger partial charge is 0.213 e. The van der Waals surface area contributed by atoms with Gasteiger partial charge in [-0.15, -0.1) is 0 Å². The van der Waals surface area contributed by atoms with Gasteiger partial charge in [0.15, 0.2) is 15.9 Å². The molecule has 3 aromatic heterocycles. The van der Waals surface area contributed by atoms with Crippen molar-refractivity contribution >= 4 is 43.1 Å². The van der Waals surface area contributed by atoms with Crippen LogP contribution in [0.15, 0.2) is 79.0 Å². The van der Waals surface area contributed by atoms with Crippen LogP contribution in [0, 0.1) is 6.92 Å². The average molecular weight is 507 g/mol. The fourth-order valence-corrected chi connectivity index (χ4v) is 6.89. The third-order valence-electron chi connectivity index (χ3n) is 6.79. The van der Waals surface area contributed by atoms with E-state index in [-0.39, 0.29) is 5.41 Å². The van der Waals surface area contributed by atoms with Crippen LogP contribution in [0.5, 0.6) is 0 Å². The molecule has 0 aliphatic rings. The Morgan fingerprint density at radius 1 is 0.722 bits per heavy atom. The van der Waals surface area contributed by atoms with Crippen LogP contribution in [0.4, 0.5) is 0 Å². The Hall–Kier alpha value is -3.41. The SMILES string of the molecule is Cc1c(-c2cc(-c3nc4sc(-c5ccccc5)nc4s3)cc[n+]2C)cc(C(C)(C)C)c2ccccc12. The third-order valence-corrected chi connectivity index (χ3v) is 8.92. The molecule has 6 aromatic rings. The zero-order chi connectivity index (χ0) is 25.0. The number of hydrogen-bond donors (Lipinski definition) is 0. The predicted octanol–water partition coefficient (Wildman–Crippen LogP) is 8.34. The van der Waals surface area contributed by atoms with E-state index in [0.717, 1.165) is 30.8 Å². The van der Waals surface area contributed by atoms with Gasteiger partial charge in [-0.1, -0.05) is 98.0 Å². The summed E-state index contributed by atoms with van der Waals surface area (Å²) >= 11 is 3.33. The summed E-state index contributed by atoms with van der Waals surface area (Å²) in [6.45, 7) is 9.13. The minimum absolute atomic E-state index is 0.0417. The van der Waals surface area contributed by atoms with Gasteiger partial charge in [-0.2, -0.15) is 0 Å². The Kier molecular flexibility index (Phi) is 5.51. The van der Waals surface area contributed by atoms with Crippen molar-refractivity contribution in [2.45, 2.75) is 33.1 Å². The van der Waals surface area contributed by atoms with E-state index in [4.69, 9.17) is 9.97 Å². The molecule has 0 unspecified atom stereocenters. The lowest BCUT2D eigenvalue weighted by atomic mass is 9.80. The number of fused-ring (bicyclic) bond motifs is 2. The molecule has 3 heterocycles. The molecule has 0 fully saturated rings. The lowest BCUT2D eigenvalue weighted by molar-refractivity contribution is -0.660. The Labute approximate surface area is 219 Å². The molecule has 0 spiro atoms. The van der Waals surface area contributed by atoms with Crippen LogP contribution in [0.3, 0.4) is 0 Å². The molecule has 3 aromatic carbocycles. The average Bonchev–Trinajstić information content (AvgIpc) is 3.45. The van der Waals surface area contributed by atoms with Crippen LogP contribution in [0.25, 0.3) is 52.8 Å². The fraction of sp³-hybridized carbons (Fsp3) is 0.194. The quantitative estimate of drug-likeness (QED) is 0.226. The lowest BCUT2D eigenvalue weighted by Crippen LogP contribution is -2.30. The molecule has 0 radical (unpaired) electrons. The van der Waals surface area contributed by atoms with Crippen molar-refractivity contribution in [3.63, 3.8) is 0 Å². The van der Waals surface area contributed by atoms with Crippen molar-refractivity contribution in [2.75, 3.05) is 0 Å². The summed E-state index contributed by atoms with van der Waals surface area (Å²) in [7, 11) is 2.12. The van der Waals surface area contributed by atoms with E-state index < -0.39 is 0 Å². The lowest BCUT2D eigenvalue weighted by Gasteiger charge is -2.23. The van der Waals surface area contributed by atoms with Gasteiger partial charge in [0.25, 0.3) is 0 Å². The predicted molar refractivity (Wildman–Crippen MR) is 154 cm³/mol. The summed E-state index contributed by atoms with van der Waals surface area (Å²) in [6.07, 6.45) is 2.15. The van der Waals surface area contributed by atoms with Gasteiger partial charge in [-0.05, 0) is 40.3 Å². The fourth-order valence-electron chi connectivity index (χ4n) is 4.85. The first-order valence-corrected chi connectivity index (χ1v) is 13.8. The number of hydrogen-bond acceptors (Lipinski definition) is 4. The molecular weight excluding hydrogens is 478 g/mol. The van der Waals surface area contributed by atoms with Crippen LogP contribution in [0.1, 0.15) is 31.9 Å². The maximum absolute atomic E-state index is 4.99. The van der Waals surface area contributed by atoms with E-state index in [1.807, 2.05) is 6.07 Å². The van der Waals surface area contributed by atoms with E-state index in [9.17, 15) is 0 Å². The summed E-state index contributed by atoms with van der Waals surface area (Å²) in [5.74, 6) is 0. The molecule has 0 saturated carbocycles. The highest BCUT2D eigenvalue weighted by Crippen LogP contribution is 2.39. The largest absolute Gasteiger partial charge is 0.223 e. The van der Waals surface area contributed by atoms with Gasteiger partial charge in [0.05, 0.1) is 0 Å². The van der Waals surface area contributed by atoms with E-state index in [0.29, 0.717) is 0 Å². The molecule has 0 aliphatic carbocycles. The summed E-state index contributed by atoms with van der Waals surface area (Å²) in [5, 5.41) is 4.69. The number of nitrogens with zero attached hydrogens (tertiary/aromatic N) is 3. The van der Waals surface area contributed by atoms with Gasteiger partial charge in [-0.3, -0.25) is 0 Å². The van der Waals surface area contributed by atoms with Crippen LogP contribution >= 0.6 is 22.7 Å². The normalized spacial score (nSPS) is 12.0. The minimum atomic E-state index is 0.0417. The van der Waals surface area contributed by atoms with Gasteiger partial charge < -0.3 is 0 Å². The van der Waals surface area contributed by atoms with Gasteiger partial charge in [-0.25, -0.2) is 14.5 Å². The number of rotatable bonds is 3. The van der Waals surface area contributed by atoms with Crippen molar-refractivity contribution in [3.05, 3.63) is 90.1 Å². The minimum Gasteiger partial charge on any atom is -0.223 e. The number of benzene rings is 3. The first kappa shape index (κ1) is 23.0. The monoisotopic (exact) mass is 506 g/mol. The molecule has 5 heteroatoms. The van der Waals surface area contributed by atoms with Crippen molar-refractivity contribution in [2.24, 2.45) is 7.05 Å². The van der Waals surface area contributed by atoms with Crippen molar-refractivity contribution in [1.29, 1.82) is 0 Å². The van der Waals surface area contributed by atoms with Crippen molar-refractivity contribution < 1.29 is 4.57 Å².